The van der Waals surface area contributed by atoms with Crippen LogP contribution < -0.4 is 11.5 Å². The van der Waals surface area contributed by atoms with Crippen LogP contribution in [0.2, 0.25) is 0 Å². The van der Waals surface area contributed by atoms with Gasteiger partial charge >= 0.3 is 0 Å². The predicted molar refractivity (Wildman–Crippen MR) is 95.8 cm³/mol. The van der Waals surface area contributed by atoms with Gasteiger partial charge in [0.2, 0.25) is 0 Å². The summed E-state index contributed by atoms with van der Waals surface area (Å²) in [5, 5.41) is 0. The SMILES string of the molecule is C=C1c2cccc3c2C(N)(CCC3)CN1C(CN)C1CCCC1. The van der Waals surface area contributed by atoms with Crippen LogP contribution in [0, 0.1) is 5.92 Å². The predicted octanol–water partition coefficient (Wildman–Crippen LogP) is 2.98. The van der Waals surface area contributed by atoms with Crippen molar-refractivity contribution in [3.8, 4) is 0 Å². The van der Waals surface area contributed by atoms with E-state index in [1.165, 1.54) is 48.8 Å². The van der Waals surface area contributed by atoms with E-state index in [0.717, 1.165) is 25.1 Å². The van der Waals surface area contributed by atoms with Gasteiger partial charge in [0.15, 0.2) is 0 Å². The van der Waals surface area contributed by atoms with Crippen LogP contribution in [0.5, 0.6) is 0 Å². The summed E-state index contributed by atoms with van der Waals surface area (Å²) in [4.78, 5) is 2.47. The Kier molecular flexibility index (Phi) is 3.73. The van der Waals surface area contributed by atoms with Crippen LogP contribution in [0.4, 0.5) is 0 Å². The van der Waals surface area contributed by atoms with Gasteiger partial charge in [-0.05, 0) is 49.1 Å². The lowest BCUT2D eigenvalue weighted by atomic mass is 9.71. The van der Waals surface area contributed by atoms with Crippen LogP contribution in [0.15, 0.2) is 24.8 Å². The number of aryl methyl sites for hydroxylation is 1. The van der Waals surface area contributed by atoms with Crippen LogP contribution in [-0.4, -0.2) is 24.0 Å². The van der Waals surface area contributed by atoms with Crippen LogP contribution in [0.25, 0.3) is 5.70 Å². The zero-order valence-corrected chi connectivity index (χ0v) is 14.1. The first-order chi connectivity index (χ1) is 11.1. The first-order valence-electron chi connectivity index (χ1n) is 9.21. The largest absolute Gasteiger partial charge is 0.365 e. The summed E-state index contributed by atoms with van der Waals surface area (Å²) in [6, 6.07) is 7.02. The zero-order valence-electron chi connectivity index (χ0n) is 14.1. The lowest BCUT2D eigenvalue weighted by Crippen LogP contribution is -2.57. The van der Waals surface area contributed by atoms with Crippen LogP contribution in [0.3, 0.4) is 0 Å². The molecule has 0 aromatic heterocycles. The second-order valence-corrected chi connectivity index (χ2v) is 7.77. The fourth-order valence-corrected chi connectivity index (χ4v) is 5.30. The van der Waals surface area contributed by atoms with Crippen molar-refractivity contribution in [1.82, 2.24) is 4.90 Å². The topological polar surface area (TPSA) is 55.3 Å². The number of rotatable bonds is 3. The van der Waals surface area contributed by atoms with E-state index in [4.69, 9.17) is 11.5 Å². The molecule has 0 saturated heterocycles. The van der Waals surface area contributed by atoms with Gasteiger partial charge in [0.25, 0.3) is 0 Å². The molecule has 0 spiro atoms. The summed E-state index contributed by atoms with van der Waals surface area (Å²) in [6.07, 6.45) is 8.70. The Morgan fingerprint density at radius 3 is 2.78 bits per heavy atom. The van der Waals surface area contributed by atoms with E-state index < -0.39 is 0 Å². The Bertz CT molecular complexity index is 617. The van der Waals surface area contributed by atoms with Gasteiger partial charge in [0.1, 0.15) is 0 Å². The van der Waals surface area contributed by atoms with Gasteiger partial charge in [-0.15, -0.1) is 0 Å². The van der Waals surface area contributed by atoms with Crippen molar-refractivity contribution >= 4 is 5.70 Å². The summed E-state index contributed by atoms with van der Waals surface area (Å²) >= 11 is 0. The monoisotopic (exact) mass is 311 g/mol. The van der Waals surface area contributed by atoms with Crippen molar-refractivity contribution in [3.05, 3.63) is 41.5 Å². The first-order valence-corrected chi connectivity index (χ1v) is 9.21. The molecule has 1 heterocycles. The molecule has 1 fully saturated rings. The zero-order chi connectivity index (χ0) is 16.0. The lowest BCUT2D eigenvalue weighted by Gasteiger charge is -2.50. The van der Waals surface area contributed by atoms with Crippen LogP contribution >= 0.6 is 0 Å². The fourth-order valence-electron chi connectivity index (χ4n) is 5.30. The minimum atomic E-state index is -0.225. The maximum atomic E-state index is 6.94. The van der Waals surface area contributed by atoms with Crippen LogP contribution in [0.1, 0.15) is 55.2 Å². The molecule has 4 rings (SSSR count). The van der Waals surface area contributed by atoms with Gasteiger partial charge in [-0.3, -0.25) is 0 Å². The molecule has 2 unspecified atom stereocenters. The summed E-state index contributed by atoms with van der Waals surface area (Å²) in [7, 11) is 0. The summed E-state index contributed by atoms with van der Waals surface area (Å²) < 4.78 is 0. The Labute approximate surface area is 139 Å². The number of hydrogen-bond acceptors (Lipinski definition) is 3. The van der Waals surface area contributed by atoms with Gasteiger partial charge in [-0.2, -0.15) is 0 Å². The molecule has 1 aromatic carbocycles. The Hall–Kier alpha value is -1.32. The van der Waals surface area contributed by atoms with E-state index in [0.29, 0.717) is 18.5 Å². The third kappa shape index (κ3) is 2.33. The molecule has 0 amide bonds. The molecule has 3 nitrogen and oxygen atoms in total. The third-order valence-corrected chi connectivity index (χ3v) is 6.41. The maximum absolute atomic E-state index is 6.94. The quantitative estimate of drug-likeness (QED) is 0.902. The van der Waals surface area contributed by atoms with E-state index in [9.17, 15) is 0 Å². The summed E-state index contributed by atoms with van der Waals surface area (Å²) in [5.41, 5.74) is 18.2. The van der Waals surface area contributed by atoms with Gasteiger partial charge in [-0.25, -0.2) is 0 Å². The van der Waals surface area contributed by atoms with Gasteiger partial charge in [0.05, 0.1) is 5.54 Å². The standard InChI is InChI=1S/C20H29N3/c1-14-17-10-4-8-16-9-5-11-20(22,19(16)17)13-23(14)18(12-21)15-6-2-3-7-15/h4,8,10,15,18H,1-3,5-7,9,11-13,21-22H2. The highest BCUT2D eigenvalue weighted by Gasteiger charge is 2.44. The molecule has 1 saturated carbocycles. The molecule has 124 valence electrons. The number of nitrogens with zero attached hydrogens (tertiary/aromatic N) is 1. The van der Waals surface area contributed by atoms with Crippen molar-refractivity contribution in [2.24, 2.45) is 17.4 Å². The highest BCUT2D eigenvalue weighted by Crippen LogP contribution is 2.45. The molecule has 23 heavy (non-hydrogen) atoms. The van der Waals surface area contributed by atoms with Crippen molar-refractivity contribution in [2.75, 3.05) is 13.1 Å². The van der Waals surface area contributed by atoms with Crippen molar-refractivity contribution in [2.45, 2.75) is 56.5 Å². The molecule has 0 radical (unpaired) electrons. The molecule has 2 atom stereocenters. The van der Waals surface area contributed by atoms with Crippen LogP contribution in [-0.2, 0) is 12.0 Å². The Morgan fingerprint density at radius 1 is 1.26 bits per heavy atom. The van der Waals surface area contributed by atoms with Gasteiger partial charge in [0, 0.05) is 30.4 Å². The van der Waals surface area contributed by atoms with E-state index in [1.54, 1.807) is 0 Å². The van der Waals surface area contributed by atoms with Crippen molar-refractivity contribution in [3.63, 3.8) is 0 Å². The number of benzene rings is 1. The second-order valence-electron chi connectivity index (χ2n) is 7.77. The maximum Gasteiger partial charge on any atom is 0.0596 e. The average Bonchev–Trinajstić information content (AvgIpc) is 3.07. The van der Waals surface area contributed by atoms with E-state index in [-0.39, 0.29) is 5.54 Å². The van der Waals surface area contributed by atoms with E-state index >= 15 is 0 Å². The van der Waals surface area contributed by atoms with Gasteiger partial charge < -0.3 is 16.4 Å². The molecule has 3 aliphatic rings. The molecule has 1 aromatic rings. The summed E-state index contributed by atoms with van der Waals surface area (Å²) in [6.45, 7) is 6.04. The normalized spacial score (nSPS) is 28.8. The molecule has 0 bridgehead atoms. The van der Waals surface area contributed by atoms with E-state index in [1.807, 2.05) is 0 Å². The van der Waals surface area contributed by atoms with Crippen molar-refractivity contribution in [1.29, 1.82) is 0 Å². The summed E-state index contributed by atoms with van der Waals surface area (Å²) in [5.74, 6) is 0.702. The molecule has 4 N–H and O–H groups in total. The van der Waals surface area contributed by atoms with Crippen molar-refractivity contribution < 1.29 is 0 Å². The highest BCUT2D eigenvalue weighted by molar-refractivity contribution is 5.71. The fraction of sp³-hybridized carbons (Fsp3) is 0.600. The molecule has 2 aliphatic carbocycles. The Balaban J connectivity index is 1.75. The highest BCUT2D eigenvalue weighted by atomic mass is 15.2. The number of hydrogen-bond donors (Lipinski definition) is 2. The second kappa shape index (κ2) is 5.64. The lowest BCUT2D eigenvalue weighted by molar-refractivity contribution is 0.159. The third-order valence-electron chi connectivity index (χ3n) is 6.41. The first kappa shape index (κ1) is 15.2. The van der Waals surface area contributed by atoms with E-state index in [2.05, 4.69) is 29.7 Å². The molecular formula is C20H29N3. The van der Waals surface area contributed by atoms with Gasteiger partial charge in [-0.1, -0.05) is 37.6 Å². The smallest absolute Gasteiger partial charge is 0.0596 e. The minimum Gasteiger partial charge on any atom is -0.365 e. The minimum absolute atomic E-state index is 0.225. The molecule has 3 heteroatoms. The Morgan fingerprint density at radius 2 is 2.04 bits per heavy atom. The molecule has 1 aliphatic heterocycles. The number of nitrogens with two attached hydrogens (primary N) is 2. The average molecular weight is 311 g/mol. The molecular weight excluding hydrogens is 282 g/mol.